The highest BCUT2D eigenvalue weighted by atomic mass is 32.2. The number of nitrogens with two attached hydrogens (primary N) is 1. The molecular formula is C9H16N4OS. The van der Waals surface area contributed by atoms with E-state index in [0.29, 0.717) is 11.7 Å². The quantitative estimate of drug-likeness (QED) is 0.428. The van der Waals surface area contributed by atoms with Crippen molar-refractivity contribution < 1.29 is 4.79 Å². The standard InChI is InChI=1S/C9H16N4OS/c1-3-4-5-13(6-8(11)14)9(15-2)12-7-10/h3-6H2,1-2H3,(H2,11,14). The second-order valence-electron chi connectivity index (χ2n) is 2.94. The van der Waals surface area contributed by atoms with Crippen molar-refractivity contribution >= 4 is 22.8 Å². The topological polar surface area (TPSA) is 82.5 Å². The van der Waals surface area contributed by atoms with Gasteiger partial charge in [0.25, 0.3) is 0 Å². The maximum absolute atomic E-state index is 10.8. The first kappa shape index (κ1) is 13.8. The number of primary amides is 1. The number of unbranched alkanes of at least 4 members (excludes halogenated alkanes) is 1. The van der Waals surface area contributed by atoms with Crippen LogP contribution in [-0.4, -0.2) is 35.3 Å². The lowest BCUT2D eigenvalue weighted by Gasteiger charge is -2.22. The molecule has 84 valence electrons. The van der Waals surface area contributed by atoms with Crippen molar-refractivity contribution in [2.24, 2.45) is 10.7 Å². The van der Waals surface area contributed by atoms with E-state index < -0.39 is 5.91 Å². The Bertz CT molecular complexity index is 272. The molecule has 0 aromatic carbocycles. The van der Waals surface area contributed by atoms with Crippen molar-refractivity contribution in [2.45, 2.75) is 19.8 Å². The minimum atomic E-state index is -0.411. The number of carbonyl (C=O) groups is 1. The van der Waals surface area contributed by atoms with Crippen LogP contribution in [0.4, 0.5) is 0 Å². The summed E-state index contributed by atoms with van der Waals surface area (Å²) in [5.74, 6) is -0.411. The van der Waals surface area contributed by atoms with Crippen LogP contribution < -0.4 is 5.73 Å². The first-order valence-electron chi connectivity index (χ1n) is 4.69. The highest BCUT2D eigenvalue weighted by Crippen LogP contribution is 2.06. The van der Waals surface area contributed by atoms with Crippen LogP contribution in [-0.2, 0) is 4.79 Å². The fraction of sp³-hybridized carbons (Fsp3) is 0.667. The van der Waals surface area contributed by atoms with Crippen LogP contribution in [0, 0.1) is 11.5 Å². The molecular weight excluding hydrogens is 212 g/mol. The SMILES string of the molecule is CCCCN(CC(N)=O)C(=NC#N)SC. The second kappa shape index (κ2) is 8.12. The summed E-state index contributed by atoms with van der Waals surface area (Å²) in [5, 5.41) is 9.03. The van der Waals surface area contributed by atoms with Gasteiger partial charge in [-0.15, -0.1) is 4.99 Å². The molecule has 0 fully saturated rings. The molecule has 0 aliphatic carbocycles. The molecule has 0 unspecified atom stereocenters. The summed E-state index contributed by atoms with van der Waals surface area (Å²) in [5.41, 5.74) is 5.13. The summed E-state index contributed by atoms with van der Waals surface area (Å²) >= 11 is 1.34. The fourth-order valence-electron chi connectivity index (χ4n) is 1.07. The van der Waals surface area contributed by atoms with Crippen LogP contribution in [0.5, 0.6) is 0 Å². The number of thioether (sulfide) groups is 1. The van der Waals surface area contributed by atoms with Crippen molar-refractivity contribution in [3.8, 4) is 6.19 Å². The lowest BCUT2D eigenvalue weighted by molar-refractivity contribution is -0.118. The zero-order valence-corrected chi connectivity index (χ0v) is 9.88. The molecule has 0 bridgehead atoms. The molecule has 1 amide bonds. The molecule has 6 heteroatoms. The van der Waals surface area contributed by atoms with Gasteiger partial charge < -0.3 is 10.6 Å². The van der Waals surface area contributed by atoms with Crippen molar-refractivity contribution in [2.75, 3.05) is 19.3 Å². The van der Waals surface area contributed by atoms with Crippen LogP contribution in [0.2, 0.25) is 0 Å². The molecule has 0 aliphatic heterocycles. The van der Waals surface area contributed by atoms with E-state index in [-0.39, 0.29) is 6.54 Å². The number of carbonyl (C=O) groups excluding carboxylic acids is 1. The zero-order valence-electron chi connectivity index (χ0n) is 9.06. The molecule has 0 spiro atoms. The second-order valence-corrected chi connectivity index (χ2v) is 3.71. The highest BCUT2D eigenvalue weighted by molar-refractivity contribution is 8.13. The lowest BCUT2D eigenvalue weighted by Crippen LogP contribution is -2.37. The van der Waals surface area contributed by atoms with Crippen LogP contribution >= 0.6 is 11.8 Å². The average molecular weight is 228 g/mol. The van der Waals surface area contributed by atoms with Gasteiger partial charge in [0, 0.05) is 6.54 Å². The summed E-state index contributed by atoms with van der Waals surface area (Å²) < 4.78 is 0. The Labute approximate surface area is 94.3 Å². The van der Waals surface area contributed by atoms with Gasteiger partial charge in [0.1, 0.15) is 0 Å². The third-order valence-electron chi connectivity index (χ3n) is 1.73. The van der Waals surface area contributed by atoms with Crippen LogP contribution in [0.3, 0.4) is 0 Å². The van der Waals surface area contributed by atoms with Gasteiger partial charge in [-0.2, -0.15) is 5.26 Å². The number of nitriles is 1. The number of amidine groups is 1. The average Bonchev–Trinajstić information content (AvgIpc) is 2.20. The molecule has 15 heavy (non-hydrogen) atoms. The van der Waals surface area contributed by atoms with E-state index in [1.165, 1.54) is 11.8 Å². The minimum Gasteiger partial charge on any atom is -0.368 e. The molecule has 0 heterocycles. The molecule has 5 nitrogen and oxygen atoms in total. The van der Waals surface area contributed by atoms with E-state index in [4.69, 9.17) is 11.0 Å². The van der Waals surface area contributed by atoms with E-state index in [2.05, 4.69) is 11.9 Å². The molecule has 0 radical (unpaired) electrons. The Kier molecular flexibility index (Phi) is 7.46. The van der Waals surface area contributed by atoms with Gasteiger partial charge >= 0.3 is 0 Å². The van der Waals surface area contributed by atoms with Gasteiger partial charge in [-0.1, -0.05) is 25.1 Å². The van der Waals surface area contributed by atoms with E-state index in [0.717, 1.165) is 12.8 Å². The Hall–Kier alpha value is -1.22. The van der Waals surface area contributed by atoms with Crippen molar-refractivity contribution in [3.05, 3.63) is 0 Å². The molecule has 0 aromatic heterocycles. The van der Waals surface area contributed by atoms with Gasteiger partial charge in [0.15, 0.2) is 5.17 Å². The van der Waals surface area contributed by atoms with Gasteiger partial charge in [0.2, 0.25) is 12.1 Å². The number of hydrogen-bond acceptors (Lipinski definition) is 4. The van der Waals surface area contributed by atoms with E-state index in [9.17, 15) is 4.79 Å². The summed E-state index contributed by atoms with van der Waals surface area (Å²) in [6, 6.07) is 0. The number of nitrogens with zero attached hydrogens (tertiary/aromatic N) is 3. The Balaban J connectivity index is 4.51. The third kappa shape index (κ3) is 5.96. The normalized spacial score (nSPS) is 10.9. The first-order chi connectivity index (χ1) is 7.15. The summed E-state index contributed by atoms with van der Waals surface area (Å²) in [7, 11) is 0. The Morgan fingerprint density at radius 3 is 2.73 bits per heavy atom. The summed E-state index contributed by atoms with van der Waals surface area (Å²) in [4.78, 5) is 16.2. The molecule has 2 N–H and O–H groups in total. The third-order valence-corrected chi connectivity index (χ3v) is 2.44. The predicted molar refractivity (Wildman–Crippen MR) is 62.2 cm³/mol. The minimum absolute atomic E-state index is 0.112. The van der Waals surface area contributed by atoms with E-state index >= 15 is 0 Å². The van der Waals surface area contributed by atoms with E-state index in [1.54, 1.807) is 11.1 Å². The summed E-state index contributed by atoms with van der Waals surface area (Å²) in [6.45, 7) is 2.87. The Morgan fingerprint density at radius 1 is 1.67 bits per heavy atom. The molecule has 0 saturated carbocycles. The maximum Gasteiger partial charge on any atom is 0.237 e. The molecule has 0 rings (SSSR count). The van der Waals surface area contributed by atoms with Crippen LogP contribution in [0.1, 0.15) is 19.8 Å². The number of hydrogen-bond donors (Lipinski definition) is 1. The monoisotopic (exact) mass is 228 g/mol. The van der Waals surface area contributed by atoms with Gasteiger partial charge in [-0.25, -0.2) is 0 Å². The lowest BCUT2D eigenvalue weighted by atomic mass is 10.3. The number of rotatable bonds is 5. The summed E-state index contributed by atoms with van der Waals surface area (Å²) in [6.07, 6.45) is 5.50. The number of amides is 1. The maximum atomic E-state index is 10.8. The van der Waals surface area contributed by atoms with Gasteiger partial charge in [-0.05, 0) is 12.7 Å². The highest BCUT2D eigenvalue weighted by Gasteiger charge is 2.12. The van der Waals surface area contributed by atoms with E-state index in [1.807, 2.05) is 6.26 Å². The Morgan fingerprint density at radius 2 is 2.33 bits per heavy atom. The smallest absolute Gasteiger partial charge is 0.237 e. The molecule has 0 saturated heterocycles. The van der Waals surface area contributed by atoms with Crippen molar-refractivity contribution in [1.29, 1.82) is 5.26 Å². The predicted octanol–water partition coefficient (Wildman–Crippen LogP) is 0.774. The van der Waals surface area contributed by atoms with Gasteiger partial charge in [-0.3, -0.25) is 4.79 Å². The van der Waals surface area contributed by atoms with Crippen LogP contribution in [0.25, 0.3) is 0 Å². The molecule has 0 aromatic rings. The van der Waals surface area contributed by atoms with Gasteiger partial charge in [0.05, 0.1) is 6.54 Å². The molecule has 0 aliphatic rings. The van der Waals surface area contributed by atoms with Crippen molar-refractivity contribution in [1.82, 2.24) is 4.90 Å². The molecule has 0 atom stereocenters. The fourth-order valence-corrected chi connectivity index (χ4v) is 1.61. The largest absolute Gasteiger partial charge is 0.368 e. The number of aliphatic imine (C=N–C) groups is 1. The van der Waals surface area contributed by atoms with Crippen LogP contribution in [0.15, 0.2) is 4.99 Å². The first-order valence-corrected chi connectivity index (χ1v) is 5.92. The zero-order chi connectivity index (χ0) is 11.7. The van der Waals surface area contributed by atoms with Crippen molar-refractivity contribution in [3.63, 3.8) is 0 Å².